The molecule has 0 spiro atoms. The molecular weight excluding hydrogens is 279 g/mol. The molecule has 0 fully saturated rings. The standard InChI is InChI=1S/C10H8BrClN2O/c1-6-2-3-7(11)4-8(6)10-14-13-9(5-12)15-10/h2-4H,5H2,1H3. The largest absolute Gasteiger partial charge is 0.419 e. The van der Waals surface area contributed by atoms with Crippen LogP contribution in [0.2, 0.25) is 0 Å². The minimum atomic E-state index is 0.236. The number of rotatable bonds is 2. The van der Waals surface area contributed by atoms with Gasteiger partial charge in [-0.2, -0.15) is 0 Å². The Balaban J connectivity index is 2.48. The first-order chi connectivity index (χ1) is 7.20. The molecule has 78 valence electrons. The number of benzene rings is 1. The first kappa shape index (κ1) is 10.6. The molecular formula is C10H8BrClN2O. The summed E-state index contributed by atoms with van der Waals surface area (Å²) >= 11 is 8.99. The zero-order valence-electron chi connectivity index (χ0n) is 8.00. The van der Waals surface area contributed by atoms with Crippen LogP contribution in [0.4, 0.5) is 0 Å². The molecule has 0 saturated carbocycles. The maximum Gasteiger partial charge on any atom is 0.248 e. The molecule has 2 rings (SSSR count). The van der Waals surface area contributed by atoms with Gasteiger partial charge in [0.15, 0.2) is 0 Å². The number of nitrogens with zero attached hydrogens (tertiary/aromatic N) is 2. The lowest BCUT2D eigenvalue weighted by atomic mass is 10.1. The van der Waals surface area contributed by atoms with Crippen LogP contribution in [0, 0.1) is 6.92 Å². The van der Waals surface area contributed by atoms with E-state index in [9.17, 15) is 0 Å². The van der Waals surface area contributed by atoms with Gasteiger partial charge in [0, 0.05) is 10.0 Å². The van der Waals surface area contributed by atoms with Gasteiger partial charge in [0.2, 0.25) is 11.8 Å². The fourth-order valence-corrected chi connectivity index (χ4v) is 1.71. The highest BCUT2D eigenvalue weighted by Crippen LogP contribution is 2.25. The lowest BCUT2D eigenvalue weighted by Gasteiger charge is -2.00. The second-order valence-electron chi connectivity index (χ2n) is 3.09. The van der Waals surface area contributed by atoms with Crippen molar-refractivity contribution < 1.29 is 4.42 Å². The van der Waals surface area contributed by atoms with E-state index in [1.54, 1.807) is 0 Å². The first-order valence-electron chi connectivity index (χ1n) is 4.35. The fourth-order valence-electron chi connectivity index (χ4n) is 1.24. The number of alkyl halides is 1. The molecule has 1 heterocycles. The van der Waals surface area contributed by atoms with Crippen LogP contribution in [0.25, 0.3) is 11.5 Å². The summed E-state index contributed by atoms with van der Waals surface area (Å²) in [7, 11) is 0. The van der Waals surface area contributed by atoms with Crippen LogP contribution in [0.5, 0.6) is 0 Å². The van der Waals surface area contributed by atoms with Crippen molar-refractivity contribution in [3.63, 3.8) is 0 Å². The molecule has 0 N–H and O–H groups in total. The zero-order valence-corrected chi connectivity index (χ0v) is 10.3. The number of aryl methyl sites for hydroxylation is 1. The number of aromatic nitrogens is 2. The summed E-state index contributed by atoms with van der Waals surface area (Å²) in [6.45, 7) is 1.99. The molecule has 0 amide bonds. The normalized spacial score (nSPS) is 10.6. The molecule has 15 heavy (non-hydrogen) atoms. The Hall–Kier alpha value is -0.870. The van der Waals surface area contributed by atoms with Gasteiger partial charge in [-0.1, -0.05) is 22.0 Å². The molecule has 0 radical (unpaired) electrons. The van der Waals surface area contributed by atoms with Crippen molar-refractivity contribution in [2.75, 3.05) is 0 Å². The van der Waals surface area contributed by atoms with E-state index >= 15 is 0 Å². The van der Waals surface area contributed by atoms with Crippen LogP contribution in [0.3, 0.4) is 0 Å². The average molecular weight is 288 g/mol. The third-order valence-corrected chi connectivity index (χ3v) is 2.73. The summed E-state index contributed by atoms with van der Waals surface area (Å²) < 4.78 is 6.36. The van der Waals surface area contributed by atoms with Gasteiger partial charge in [-0.15, -0.1) is 21.8 Å². The minimum Gasteiger partial charge on any atom is -0.419 e. The molecule has 1 aromatic heterocycles. The smallest absolute Gasteiger partial charge is 0.248 e. The summed E-state index contributed by atoms with van der Waals surface area (Å²) in [5.41, 5.74) is 2.01. The summed E-state index contributed by atoms with van der Waals surface area (Å²) in [5.74, 6) is 1.18. The van der Waals surface area contributed by atoms with Gasteiger partial charge in [-0.05, 0) is 24.6 Å². The maximum absolute atomic E-state index is 5.59. The van der Waals surface area contributed by atoms with Crippen molar-refractivity contribution in [2.45, 2.75) is 12.8 Å². The van der Waals surface area contributed by atoms with Gasteiger partial charge in [0.1, 0.15) is 5.88 Å². The van der Waals surface area contributed by atoms with Crippen LogP contribution in [0.15, 0.2) is 27.1 Å². The average Bonchev–Trinajstić information content (AvgIpc) is 2.70. The van der Waals surface area contributed by atoms with Gasteiger partial charge in [-0.3, -0.25) is 0 Å². The Labute approximate surface area is 101 Å². The molecule has 1 aromatic carbocycles. The fraction of sp³-hybridized carbons (Fsp3) is 0.200. The Bertz CT molecular complexity index is 484. The molecule has 0 aliphatic rings. The number of halogens is 2. The minimum absolute atomic E-state index is 0.236. The maximum atomic E-state index is 5.59. The highest BCUT2D eigenvalue weighted by atomic mass is 79.9. The third-order valence-electron chi connectivity index (χ3n) is 2.01. The van der Waals surface area contributed by atoms with Crippen LogP contribution in [0.1, 0.15) is 11.5 Å². The molecule has 0 aliphatic carbocycles. The van der Waals surface area contributed by atoms with E-state index in [-0.39, 0.29) is 5.88 Å². The molecule has 0 bridgehead atoms. The highest BCUT2D eigenvalue weighted by Gasteiger charge is 2.10. The second-order valence-corrected chi connectivity index (χ2v) is 4.28. The van der Waals surface area contributed by atoms with E-state index in [1.165, 1.54) is 0 Å². The summed E-state index contributed by atoms with van der Waals surface area (Å²) in [4.78, 5) is 0. The van der Waals surface area contributed by atoms with E-state index < -0.39 is 0 Å². The second kappa shape index (κ2) is 4.33. The van der Waals surface area contributed by atoms with Crippen molar-refractivity contribution in [2.24, 2.45) is 0 Å². The Morgan fingerprint density at radius 3 is 2.87 bits per heavy atom. The summed E-state index contributed by atoms with van der Waals surface area (Å²) in [6.07, 6.45) is 0. The molecule has 0 unspecified atom stereocenters. The summed E-state index contributed by atoms with van der Waals surface area (Å²) in [6, 6.07) is 5.91. The van der Waals surface area contributed by atoms with E-state index in [0.29, 0.717) is 11.8 Å². The van der Waals surface area contributed by atoms with Gasteiger partial charge in [0.05, 0.1) is 0 Å². The molecule has 3 nitrogen and oxygen atoms in total. The van der Waals surface area contributed by atoms with Crippen molar-refractivity contribution in [3.05, 3.63) is 34.1 Å². The van der Waals surface area contributed by atoms with E-state index in [2.05, 4.69) is 26.1 Å². The molecule has 0 aliphatic heterocycles. The SMILES string of the molecule is Cc1ccc(Br)cc1-c1nnc(CCl)o1. The predicted molar refractivity (Wildman–Crippen MR) is 61.7 cm³/mol. The number of hydrogen-bond acceptors (Lipinski definition) is 3. The van der Waals surface area contributed by atoms with Crippen molar-refractivity contribution in [1.82, 2.24) is 10.2 Å². The quantitative estimate of drug-likeness (QED) is 0.793. The van der Waals surface area contributed by atoms with Gasteiger partial charge < -0.3 is 4.42 Å². The Morgan fingerprint density at radius 1 is 1.40 bits per heavy atom. The third kappa shape index (κ3) is 2.21. The van der Waals surface area contributed by atoms with Crippen molar-refractivity contribution >= 4 is 27.5 Å². The van der Waals surface area contributed by atoms with Crippen LogP contribution < -0.4 is 0 Å². The Morgan fingerprint density at radius 2 is 2.20 bits per heavy atom. The van der Waals surface area contributed by atoms with Gasteiger partial charge in [-0.25, -0.2) is 0 Å². The summed E-state index contributed by atoms with van der Waals surface area (Å²) in [5, 5.41) is 7.76. The van der Waals surface area contributed by atoms with Crippen molar-refractivity contribution in [3.8, 4) is 11.5 Å². The van der Waals surface area contributed by atoms with E-state index in [4.69, 9.17) is 16.0 Å². The van der Waals surface area contributed by atoms with Crippen molar-refractivity contribution in [1.29, 1.82) is 0 Å². The van der Waals surface area contributed by atoms with Crippen LogP contribution in [-0.4, -0.2) is 10.2 Å². The monoisotopic (exact) mass is 286 g/mol. The van der Waals surface area contributed by atoms with E-state index in [1.807, 2.05) is 25.1 Å². The predicted octanol–water partition coefficient (Wildman–Crippen LogP) is 3.55. The van der Waals surface area contributed by atoms with Crippen LogP contribution >= 0.6 is 27.5 Å². The topological polar surface area (TPSA) is 38.9 Å². The molecule has 5 heteroatoms. The lowest BCUT2D eigenvalue weighted by Crippen LogP contribution is -1.83. The van der Waals surface area contributed by atoms with E-state index in [0.717, 1.165) is 15.6 Å². The highest BCUT2D eigenvalue weighted by molar-refractivity contribution is 9.10. The van der Waals surface area contributed by atoms with Gasteiger partial charge in [0.25, 0.3) is 0 Å². The number of hydrogen-bond donors (Lipinski definition) is 0. The molecule has 0 atom stereocenters. The first-order valence-corrected chi connectivity index (χ1v) is 5.68. The zero-order chi connectivity index (χ0) is 10.8. The molecule has 0 saturated heterocycles. The van der Waals surface area contributed by atoms with Gasteiger partial charge >= 0.3 is 0 Å². The lowest BCUT2D eigenvalue weighted by molar-refractivity contribution is 0.527. The van der Waals surface area contributed by atoms with Crippen LogP contribution in [-0.2, 0) is 5.88 Å². The molecule has 2 aromatic rings. The Kier molecular flexibility index (Phi) is 3.07.